The molecule has 3 rings (SSSR count). The Kier molecular flexibility index (Phi) is 8.43. The van der Waals surface area contributed by atoms with E-state index in [-0.39, 0.29) is 24.0 Å². The lowest BCUT2D eigenvalue weighted by Crippen LogP contribution is -2.35. The van der Waals surface area contributed by atoms with Crippen LogP contribution in [-0.4, -0.2) is 37.7 Å². The maximum absolute atomic E-state index is 6.12. The average Bonchev–Trinajstić information content (AvgIpc) is 2.68. The van der Waals surface area contributed by atoms with Gasteiger partial charge >= 0.3 is 0 Å². The van der Waals surface area contributed by atoms with E-state index in [9.17, 15) is 0 Å². The number of halogens is 2. The molecule has 3 N–H and O–H groups in total. The van der Waals surface area contributed by atoms with E-state index < -0.39 is 0 Å². The van der Waals surface area contributed by atoms with Gasteiger partial charge in [-0.15, -0.1) is 24.0 Å². The minimum absolute atomic E-state index is 0. The average molecular weight is 502 g/mol. The summed E-state index contributed by atoms with van der Waals surface area (Å²) in [5.41, 5.74) is 8.04. The predicted octanol–water partition coefficient (Wildman–Crippen LogP) is 4.00. The summed E-state index contributed by atoms with van der Waals surface area (Å²) in [5.74, 6) is 1.59. The third kappa shape index (κ3) is 6.14. The first-order chi connectivity index (χ1) is 12.7. The summed E-state index contributed by atoms with van der Waals surface area (Å²) in [4.78, 5) is 11.0. The van der Waals surface area contributed by atoms with Crippen LogP contribution in [0.4, 0.5) is 11.4 Å². The Morgan fingerprint density at radius 1 is 1.30 bits per heavy atom. The molecule has 8 heteroatoms. The molecule has 0 atom stereocenters. The lowest BCUT2D eigenvalue weighted by molar-refractivity contribution is 0.415. The summed E-state index contributed by atoms with van der Waals surface area (Å²) in [7, 11) is 1.59. The lowest BCUT2D eigenvalue weighted by Gasteiger charge is -2.33. The van der Waals surface area contributed by atoms with Crippen LogP contribution < -0.4 is 20.7 Å². The SMILES string of the molecule is COc1ccc(NC(N)=NCC2CCN(c3ccncc3)CC2)cc1Cl.I. The van der Waals surface area contributed by atoms with Crippen LogP contribution in [-0.2, 0) is 0 Å². The number of rotatable bonds is 5. The van der Waals surface area contributed by atoms with Gasteiger partial charge in [0.25, 0.3) is 0 Å². The Bertz CT molecular complexity index is 751. The van der Waals surface area contributed by atoms with Gasteiger partial charge in [-0.3, -0.25) is 9.98 Å². The standard InChI is InChI=1S/C19H24ClN5O.HI/c1-26-18-3-2-15(12-17(18)20)24-19(21)23-13-14-6-10-25(11-7-14)16-4-8-22-9-5-16;/h2-5,8-9,12,14H,6-7,10-11,13H2,1H3,(H3,21,23,24);1H. The van der Waals surface area contributed by atoms with Crippen LogP contribution in [0.15, 0.2) is 47.7 Å². The van der Waals surface area contributed by atoms with Crippen molar-refractivity contribution in [2.75, 3.05) is 37.0 Å². The minimum atomic E-state index is 0. The molecule has 1 aromatic carbocycles. The second-order valence-electron chi connectivity index (χ2n) is 6.34. The minimum Gasteiger partial charge on any atom is -0.495 e. The number of anilines is 2. The molecule has 1 aromatic heterocycles. The van der Waals surface area contributed by atoms with Gasteiger partial charge in [-0.2, -0.15) is 0 Å². The van der Waals surface area contributed by atoms with Gasteiger partial charge in [0.05, 0.1) is 12.1 Å². The van der Waals surface area contributed by atoms with E-state index in [1.807, 2.05) is 18.5 Å². The quantitative estimate of drug-likeness (QED) is 0.368. The van der Waals surface area contributed by atoms with Crippen LogP contribution >= 0.6 is 35.6 Å². The highest BCUT2D eigenvalue weighted by Gasteiger charge is 2.19. The van der Waals surface area contributed by atoms with Crippen LogP contribution in [0.1, 0.15) is 12.8 Å². The maximum atomic E-state index is 6.12. The number of pyridine rings is 1. The second kappa shape index (κ2) is 10.6. The number of aliphatic imine (C=N–C) groups is 1. The molecule has 6 nitrogen and oxygen atoms in total. The third-order valence-corrected chi connectivity index (χ3v) is 4.88. The molecule has 0 aliphatic carbocycles. The van der Waals surface area contributed by atoms with Gasteiger partial charge in [-0.1, -0.05) is 11.6 Å². The third-order valence-electron chi connectivity index (χ3n) is 4.59. The van der Waals surface area contributed by atoms with Gasteiger partial charge in [-0.05, 0) is 49.1 Å². The Balaban J connectivity index is 0.00000261. The maximum Gasteiger partial charge on any atom is 0.193 e. The molecule has 1 saturated heterocycles. The number of ether oxygens (including phenoxy) is 1. The van der Waals surface area contributed by atoms with Crippen molar-refractivity contribution in [1.82, 2.24) is 4.98 Å². The number of piperidine rings is 1. The molecular weight excluding hydrogens is 477 g/mol. The predicted molar refractivity (Wildman–Crippen MR) is 123 cm³/mol. The number of aromatic nitrogens is 1. The molecule has 1 aliphatic heterocycles. The molecule has 1 aliphatic rings. The summed E-state index contributed by atoms with van der Waals surface area (Å²) in [6.07, 6.45) is 5.88. The fraction of sp³-hybridized carbons (Fsp3) is 0.368. The molecule has 1 fully saturated rings. The largest absolute Gasteiger partial charge is 0.495 e. The van der Waals surface area contributed by atoms with E-state index in [1.54, 1.807) is 19.2 Å². The van der Waals surface area contributed by atoms with E-state index in [0.717, 1.165) is 38.2 Å². The molecule has 0 unspecified atom stereocenters. The van der Waals surface area contributed by atoms with E-state index in [2.05, 4.69) is 32.3 Å². The zero-order valence-electron chi connectivity index (χ0n) is 15.3. The molecular formula is C19H25ClIN5O. The zero-order valence-corrected chi connectivity index (χ0v) is 18.4. The van der Waals surface area contributed by atoms with Crippen molar-refractivity contribution < 1.29 is 4.74 Å². The van der Waals surface area contributed by atoms with Crippen molar-refractivity contribution in [3.8, 4) is 5.75 Å². The molecule has 2 heterocycles. The Hall–Kier alpha value is -1.74. The number of methoxy groups -OCH3 is 1. The number of nitrogens with two attached hydrogens (primary N) is 1. The molecule has 0 bridgehead atoms. The molecule has 0 spiro atoms. The van der Waals surface area contributed by atoms with Crippen LogP contribution in [0.3, 0.4) is 0 Å². The van der Waals surface area contributed by atoms with Crippen molar-refractivity contribution in [3.63, 3.8) is 0 Å². The van der Waals surface area contributed by atoms with E-state index in [0.29, 0.717) is 22.6 Å². The molecule has 0 saturated carbocycles. The molecule has 146 valence electrons. The van der Waals surface area contributed by atoms with Crippen LogP contribution in [0.5, 0.6) is 5.75 Å². The summed E-state index contributed by atoms with van der Waals surface area (Å²) in [5, 5.41) is 3.61. The van der Waals surface area contributed by atoms with Gasteiger partial charge in [0, 0.05) is 43.4 Å². The monoisotopic (exact) mass is 501 g/mol. The summed E-state index contributed by atoms with van der Waals surface area (Å²) < 4.78 is 5.14. The van der Waals surface area contributed by atoms with Gasteiger partial charge < -0.3 is 20.7 Å². The van der Waals surface area contributed by atoms with Crippen LogP contribution in [0.25, 0.3) is 0 Å². The van der Waals surface area contributed by atoms with Crippen LogP contribution in [0.2, 0.25) is 5.02 Å². The summed E-state index contributed by atoms with van der Waals surface area (Å²) >= 11 is 6.12. The van der Waals surface area contributed by atoms with E-state index in [4.69, 9.17) is 22.1 Å². The van der Waals surface area contributed by atoms with Crippen LogP contribution in [0, 0.1) is 5.92 Å². The smallest absolute Gasteiger partial charge is 0.193 e. The molecule has 2 aromatic rings. The number of guanidine groups is 1. The van der Waals surface area contributed by atoms with Crippen molar-refractivity contribution in [3.05, 3.63) is 47.7 Å². The van der Waals surface area contributed by atoms with Gasteiger partial charge in [0.1, 0.15) is 5.75 Å². The van der Waals surface area contributed by atoms with Gasteiger partial charge in [0.15, 0.2) is 5.96 Å². The number of hydrogen-bond acceptors (Lipinski definition) is 4. The lowest BCUT2D eigenvalue weighted by atomic mass is 9.97. The number of nitrogens with zero attached hydrogens (tertiary/aromatic N) is 3. The van der Waals surface area contributed by atoms with Crippen molar-refractivity contribution in [2.24, 2.45) is 16.6 Å². The first kappa shape index (κ1) is 21.6. The van der Waals surface area contributed by atoms with Crippen molar-refractivity contribution in [1.29, 1.82) is 0 Å². The van der Waals surface area contributed by atoms with E-state index >= 15 is 0 Å². The Morgan fingerprint density at radius 2 is 2.00 bits per heavy atom. The molecule has 0 radical (unpaired) electrons. The first-order valence-electron chi connectivity index (χ1n) is 8.71. The van der Waals surface area contributed by atoms with E-state index in [1.165, 1.54) is 5.69 Å². The molecule has 0 amide bonds. The highest BCUT2D eigenvalue weighted by atomic mass is 127. The Labute approximate surface area is 182 Å². The number of hydrogen-bond donors (Lipinski definition) is 2. The highest BCUT2D eigenvalue weighted by Crippen LogP contribution is 2.27. The zero-order chi connectivity index (χ0) is 18.4. The van der Waals surface area contributed by atoms with Crippen molar-refractivity contribution >= 4 is 52.9 Å². The normalized spacial score (nSPS) is 15.2. The first-order valence-corrected chi connectivity index (χ1v) is 9.09. The topological polar surface area (TPSA) is 75.8 Å². The number of nitrogens with one attached hydrogen (secondary N) is 1. The number of benzene rings is 1. The molecule has 27 heavy (non-hydrogen) atoms. The van der Waals surface area contributed by atoms with Gasteiger partial charge in [0.2, 0.25) is 0 Å². The summed E-state index contributed by atoms with van der Waals surface area (Å²) in [6, 6.07) is 9.55. The van der Waals surface area contributed by atoms with Crippen molar-refractivity contribution in [2.45, 2.75) is 12.8 Å². The fourth-order valence-corrected chi connectivity index (χ4v) is 3.35. The fourth-order valence-electron chi connectivity index (χ4n) is 3.09. The summed E-state index contributed by atoms with van der Waals surface area (Å²) in [6.45, 7) is 2.80. The van der Waals surface area contributed by atoms with Gasteiger partial charge in [-0.25, -0.2) is 0 Å². The Morgan fingerprint density at radius 3 is 2.63 bits per heavy atom. The second-order valence-corrected chi connectivity index (χ2v) is 6.74. The highest BCUT2D eigenvalue weighted by molar-refractivity contribution is 14.0.